The number of hydrogen-bond acceptors (Lipinski definition) is 17. The van der Waals surface area contributed by atoms with Crippen molar-refractivity contribution in [2.75, 3.05) is 13.7 Å². The van der Waals surface area contributed by atoms with Gasteiger partial charge in [0.25, 0.3) is 0 Å². The highest BCUT2D eigenvalue weighted by atomic mass is 16.8. The Balaban J connectivity index is 1.65. The first-order valence-corrected chi connectivity index (χ1v) is 13.5. The van der Waals surface area contributed by atoms with Crippen molar-refractivity contribution in [1.82, 2.24) is 0 Å². The number of fused-ring (bicyclic) bond motifs is 1. The van der Waals surface area contributed by atoms with Crippen molar-refractivity contribution in [3.8, 4) is 45.8 Å². The predicted octanol–water partition coefficient (Wildman–Crippen LogP) is -1.68. The Hall–Kier alpha value is -3.91. The Morgan fingerprint density at radius 2 is 1.51 bits per heavy atom. The third-order valence-electron chi connectivity index (χ3n) is 7.65. The molecule has 17 heteroatoms. The van der Waals surface area contributed by atoms with Gasteiger partial charge < -0.3 is 79.2 Å². The minimum atomic E-state index is -1.94. The summed E-state index contributed by atoms with van der Waals surface area (Å²) in [4.78, 5) is 13.9. The number of ether oxygens (including phenoxy) is 5. The van der Waals surface area contributed by atoms with E-state index in [9.17, 15) is 55.9 Å². The molecular weight excluding hydrogens is 608 g/mol. The predicted molar refractivity (Wildman–Crippen MR) is 147 cm³/mol. The number of methoxy groups -OCH3 is 1. The summed E-state index contributed by atoms with van der Waals surface area (Å²) in [6, 6.07) is 4.26. The summed E-state index contributed by atoms with van der Waals surface area (Å²) < 4.78 is 33.4. The van der Waals surface area contributed by atoms with E-state index in [2.05, 4.69) is 0 Å². The number of phenolic OH excluding ortho intramolecular Hbond substituents is 4. The molecule has 3 aromatic rings. The molecule has 0 bridgehead atoms. The summed E-state index contributed by atoms with van der Waals surface area (Å²) in [5, 5.41) is 103. The van der Waals surface area contributed by atoms with Gasteiger partial charge in [0.1, 0.15) is 47.6 Å². The molecule has 246 valence electrons. The number of hydrogen-bond donors (Lipinski definition) is 10. The van der Waals surface area contributed by atoms with Crippen LogP contribution in [0.2, 0.25) is 0 Å². The standard InChI is InChI=1S/C28H32O17/c1-8-16(33)20(37)22(39)27(41-8)45-26-21(38)17(34)14(7-29)43-28(26)44-25-19(36)15-13(6-12(32)24(40-2)18(15)35)42-23(25)9-3-4-10(30)11(31)5-9/h3-6,8,14,16-17,20-22,26-35,37-39H,7H2,1-2H3/t8-,14+,16-,17+,20+,21-,22+,26+,27-,28-/m0/s1. The second kappa shape index (κ2) is 12.5. The Morgan fingerprint density at radius 1 is 0.800 bits per heavy atom. The van der Waals surface area contributed by atoms with E-state index in [-0.39, 0.29) is 11.1 Å². The molecule has 5 rings (SSSR count). The summed E-state index contributed by atoms with van der Waals surface area (Å²) in [6.07, 6.45) is -16.9. The average molecular weight is 641 g/mol. The highest BCUT2D eigenvalue weighted by molar-refractivity contribution is 5.91. The molecule has 2 saturated heterocycles. The lowest BCUT2D eigenvalue weighted by Crippen LogP contribution is -2.64. The van der Waals surface area contributed by atoms with Gasteiger partial charge in [-0.3, -0.25) is 4.79 Å². The van der Waals surface area contributed by atoms with Crippen LogP contribution in [0.4, 0.5) is 0 Å². The molecule has 0 saturated carbocycles. The van der Waals surface area contributed by atoms with Gasteiger partial charge in [-0.05, 0) is 25.1 Å². The maximum Gasteiger partial charge on any atom is 0.239 e. The monoisotopic (exact) mass is 640 g/mol. The van der Waals surface area contributed by atoms with Crippen LogP contribution in [-0.4, -0.2) is 126 Å². The van der Waals surface area contributed by atoms with Crippen LogP contribution in [0.25, 0.3) is 22.3 Å². The first kappa shape index (κ1) is 32.5. The van der Waals surface area contributed by atoms with Gasteiger partial charge in [0.05, 0.1) is 19.8 Å². The van der Waals surface area contributed by atoms with E-state index in [0.717, 1.165) is 25.3 Å². The van der Waals surface area contributed by atoms with Crippen LogP contribution in [0.15, 0.2) is 33.5 Å². The van der Waals surface area contributed by atoms with E-state index in [1.807, 2.05) is 0 Å². The van der Waals surface area contributed by atoms with Crippen LogP contribution < -0.4 is 14.9 Å². The number of benzene rings is 2. The minimum absolute atomic E-state index is 0.0707. The zero-order valence-corrected chi connectivity index (χ0v) is 23.6. The fraction of sp³-hybridized carbons (Fsp3) is 0.464. The molecule has 0 unspecified atom stereocenters. The lowest BCUT2D eigenvalue weighted by molar-refractivity contribution is -0.354. The Morgan fingerprint density at radius 3 is 2.16 bits per heavy atom. The van der Waals surface area contributed by atoms with E-state index in [1.54, 1.807) is 0 Å². The number of aromatic hydroxyl groups is 4. The van der Waals surface area contributed by atoms with E-state index in [4.69, 9.17) is 28.1 Å². The fourth-order valence-corrected chi connectivity index (χ4v) is 5.14. The molecule has 2 aromatic carbocycles. The van der Waals surface area contributed by atoms with Crippen molar-refractivity contribution in [2.24, 2.45) is 0 Å². The maximum absolute atomic E-state index is 13.9. The summed E-state index contributed by atoms with van der Waals surface area (Å²) >= 11 is 0. The topological polar surface area (TPSA) is 279 Å². The van der Waals surface area contributed by atoms with Gasteiger partial charge in [0.2, 0.25) is 23.2 Å². The Kier molecular flexibility index (Phi) is 9.00. The number of rotatable bonds is 7. The minimum Gasteiger partial charge on any atom is -0.504 e. The van der Waals surface area contributed by atoms with E-state index in [0.29, 0.717) is 0 Å². The molecule has 45 heavy (non-hydrogen) atoms. The van der Waals surface area contributed by atoms with Crippen LogP contribution in [0.1, 0.15) is 6.92 Å². The summed E-state index contributed by atoms with van der Waals surface area (Å²) in [5.74, 6) is -4.27. The average Bonchev–Trinajstić information content (AvgIpc) is 3.00. The van der Waals surface area contributed by atoms with Crippen LogP contribution in [-0.2, 0) is 14.2 Å². The first-order chi connectivity index (χ1) is 21.3. The molecule has 0 aliphatic carbocycles. The van der Waals surface area contributed by atoms with E-state index < -0.39 is 119 Å². The molecule has 1 aromatic heterocycles. The van der Waals surface area contributed by atoms with Gasteiger partial charge in [-0.15, -0.1) is 0 Å². The van der Waals surface area contributed by atoms with Gasteiger partial charge in [0, 0.05) is 11.6 Å². The van der Waals surface area contributed by atoms with Gasteiger partial charge in [-0.25, -0.2) is 0 Å². The summed E-state index contributed by atoms with van der Waals surface area (Å²) in [6.45, 7) is 0.518. The quantitative estimate of drug-likeness (QED) is 0.129. The van der Waals surface area contributed by atoms with Gasteiger partial charge in [-0.2, -0.15) is 0 Å². The fourth-order valence-electron chi connectivity index (χ4n) is 5.14. The van der Waals surface area contributed by atoms with Crippen LogP contribution >= 0.6 is 0 Å². The second-order valence-electron chi connectivity index (χ2n) is 10.6. The molecule has 2 aliphatic heterocycles. The molecule has 10 N–H and O–H groups in total. The van der Waals surface area contributed by atoms with Crippen LogP contribution in [0.5, 0.6) is 34.5 Å². The number of aliphatic hydroxyl groups is 6. The highest BCUT2D eigenvalue weighted by Gasteiger charge is 2.51. The van der Waals surface area contributed by atoms with Gasteiger partial charge in [0.15, 0.2) is 41.2 Å². The summed E-state index contributed by atoms with van der Waals surface area (Å²) in [5.41, 5.74) is -1.54. The summed E-state index contributed by atoms with van der Waals surface area (Å²) in [7, 11) is 1.12. The third-order valence-corrected chi connectivity index (χ3v) is 7.65. The lowest BCUT2D eigenvalue weighted by Gasteiger charge is -2.45. The molecule has 3 heterocycles. The smallest absolute Gasteiger partial charge is 0.239 e. The van der Waals surface area contributed by atoms with Gasteiger partial charge >= 0.3 is 0 Å². The lowest BCUT2D eigenvalue weighted by atomic mass is 9.97. The van der Waals surface area contributed by atoms with E-state index in [1.165, 1.54) is 13.0 Å². The SMILES string of the molecule is COc1c(O)cc2oc(-c3ccc(O)c(O)c3)c(O[C@@H]3O[C@H](CO)[C@@H](O)[C@H](O)[C@H]3O[C@@H]3O[C@@H](C)[C@H](O)[C@@H](O)[C@H]3O)c(=O)c2c1O. The van der Waals surface area contributed by atoms with Crippen LogP contribution in [0, 0.1) is 0 Å². The third kappa shape index (κ3) is 5.69. The van der Waals surface area contributed by atoms with Crippen molar-refractivity contribution in [1.29, 1.82) is 0 Å². The van der Waals surface area contributed by atoms with Crippen molar-refractivity contribution < 1.29 is 79.2 Å². The second-order valence-corrected chi connectivity index (χ2v) is 10.6. The van der Waals surface area contributed by atoms with Crippen molar-refractivity contribution in [2.45, 2.75) is 68.3 Å². The zero-order valence-electron chi connectivity index (χ0n) is 23.6. The maximum atomic E-state index is 13.9. The largest absolute Gasteiger partial charge is 0.504 e. The molecule has 17 nitrogen and oxygen atoms in total. The van der Waals surface area contributed by atoms with Crippen LogP contribution in [0.3, 0.4) is 0 Å². The molecular formula is C28H32O17. The highest BCUT2D eigenvalue weighted by Crippen LogP contribution is 2.44. The molecule has 2 aliphatic rings. The van der Waals surface area contributed by atoms with Gasteiger partial charge in [-0.1, -0.05) is 0 Å². The first-order valence-electron chi connectivity index (χ1n) is 13.5. The van der Waals surface area contributed by atoms with E-state index >= 15 is 0 Å². The Bertz CT molecular complexity index is 1610. The molecule has 0 radical (unpaired) electrons. The molecule has 2 fully saturated rings. The number of phenols is 4. The van der Waals surface area contributed by atoms with Crippen molar-refractivity contribution in [3.05, 3.63) is 34.5 Å². The number of aliphatic hydroxyl groups excluding tert-OH is 6. The molecule has 0 spiro atoms. The zero-order chi connectivity index (χ0) is 32.9. The van der Waals surface area contributed by atoms with Crippen molar-refractivity contribution >= 4 is 11.0 Å². The molecule has 10 atom stereocenters. The molecule has 0 amide bonds. The van der Waals surface area contributed by atoms with Crippen molar-refractivity contribution in [3.63, 3.8) is 0 Å². The normalized spacial score (nSPS) is 32.0. The Labute approximate surface area is 252 Å².